The monoisotopic (exact) mass is 348 g/mol. The van der Waals surface area contributed by atoms with Crippen molar-refractivity contribution in [2.75, 3.05) is 14.2 Å². The molecule has 2 aromatic carbocycles. The molecule has 2 unspecified atom stereocenters. The fourth-order valence-electron chi connectivity index (χ4n) is 5.41. The molecule has 2 fully saturated rings. The van der Waals surface area contributed by atoms with E-state index in [1.54, 1.807) is 26.1 Å². The van der Waals surface area contributed by atoms with Gasteiger partial charge in [0.1, 0.15) is 11.5 Å². The molecule has 0 amide bonds. The maximum Gasteiger partial charge on any atom is 0.118 e. The van der Waals surface area contributed by atoms with Crippen molar-refractivity contribution < 1.29 is 9.47 Å². The average Bonchev–Trinajstić information content (AvgIpc) is 3.19. The summed E-state index contributed by atoms with van der Waals surface area (Å²) < 4.78 is 10.7. The van der Waals surface area contributed by atoms with Gasteiger partial charge in [-0.2, -0.15) is 0 Å². The maximum atomic E-state index is 5.36. The summed E-state index contributed by atoms with van der Waals surface area (Å²) in [7, 11) is 3.45. The van der Waals surface area contributed by atoms with Crippen molar-refractivity contribution in [2.24, 2.45) is 17.3 Å². The number of benzene rings is 2. The Morgan fingerprint density at radius 2 is 1.08 bits per heavy atom. The molecule has 2 aromatic rings. The van der Waals surface area contributed by atoms with Crippen LogP contribution in [0.1, 0.15) is 44.2 Å². The van der Waals surface area contributed by atoms with Gasteiger partial charge in [0.2, 0.25) is 0 Å². The van der Waals surface area contributed by atoms with Crippen LogP contribution in [0.3, 0.4) is 0 Å². The first kappa shape index (κ1) is 17.5. The van der Waals surface area contributed by atoms with Gasteiger partial charge < -0.3 is 9.47 Å². The highest BCUT2D eigenvalue weighted by molar-refractivity contribution is 5.53. The third-order valence-corrected chi connectivity index (χ3v) is 6.41. The Balaban J connectivity index is 1.73. The van der Waals surface area contributed by atoms with E-state index in [4.69, 9.17) is 9.47 Å². The summed E-state index contributed by atoms with van der Waals surface area (Å²) in [6.07, 6.45) is 3.93. The minimum atomic E-state index is 0.0684. The molecule has 136 valence electrons. The summed E-state index contributed by atoms with van der Waals surface area (Å²) in [5.74, 6) is 6.38. The van der Waals surface area contributed by atoms with Gasteiger partial charge in [-0.25, -0.2) is 0 Å². The highest BCUT2D eigenvalue weighted by Crippen LogP contribution is 2.66. The van der Waals surface area contributed by atoms with E-state index in [2.05, 4.69) is 62.4 Å². The number of ether oxygens (including phenoxy) is 2. The Labute approximate surface area is 157 Å². The molecule has 2 aliphatic carbocycles. The van der Waals surface area contributed by atoms with Crippen molar-refractivity contribution in [3.8, 4) is 11.5 Å². The molecule has 0 N–H and O–H groups in total. The molecule has 26 heavy (non-hydrogen) atoms. The molecule has 0 bridgehead atoms. The Morgan fingerprint density at radius 3 is 1.42 bits per heavy atom. The summed E-state index contributed by atoms with van der Waals surface area (Å²) >= 11 is 0. The van der Waals surface area contributed by atoms with Crippen LogP contribution in [0.2, 0.25) is 0 Å². The van der Waals surface area contributed by atoms with Crippen LogP contribution in [0, 0.1) is 29.1 Å². The summed E-state index contributed by atoms with van der Waals surface area (Å²) in [6.45, 7) is 4.81. The van der Waals surface area contributed by atoms with Gasteiger partial charge in [0, 0.05) is 11.8 Å². The second-order valence-electron chi connectivity index (χ2n) is 8.05. The van der Waals surface area contributed by atoms with Crippen LogP contribution in [0.25, 0.3) is 0 Å². The third-order valence-electron chi connectivity index (χ3n) is 6.41. The molecule has 0 heterocycles. The Bertz CT molecular complexity index is 681. The summed E-state index contributed by atoms with van der Waals surface area (Å²) in [6, 6.07) is 17.3. The van der Waals surface area contributed by atoms with E-state index in [0.717, 1.165) is 11.5 Å². The summed E-state index contributed by atoms with van der Waals surface area (Å²) in [5.41, 5.74) is 2.81. The number of rotatable bonds is 4. The number of hydrogen-bond acceptors (Lipinski definition) is 2. The lowest BCUT2D eigenvalue weighted by Gasteiger charge is -2.35. The largest absolute Gasteiger partial charge is 0.497 e. The molecular weight excluding hydrogens is 320 g/mol. The fourth-order valence-corrected chi connectivity index (χ4v) is 5.41. The molecule has 4 rings (SSSR count). The van der Waals surface area contributed by atoms with Crippen LogP contribution in [-0.4, -0.2) is 14.2 Å². The molecule has 2 aliphatic rings. The molecule has 2 atom stereocenters. The molecule has 2 nitrogen and oxygen atoms in total. The zero-order valence-corrected chi connectivity index (χ0v) is 16.2. The molecule has 2 radical (unpaired) electrons. The number of fused-ring (bicyclic) bond motifs is 1. The van der Waals surface area contributed by atoms with E-state index in [-0.39, 0.29) is 5.41 Å². The Morgan fingerprint density at radius 1 is 0.692 bits per heavy atom. The molecule has 0 spiro atoms. The topological polar surface area (TPSA) is 18.5 Å². The van der Waals surface area contributed by atoms with E-state index in [1.165, 1.54) is 30.4 Å². The summed E-state index contributed by atoms with van der Waals surface area (Å²) in [4.78, 5) is 0. The lowest BCUT2D eigenvalue weighted by atomic mass is 9.68. The number of methoxy groups -OCH3 is 2. The highest BCUT2D eigenvalue weighted by Gasteiger charge is 2.57. The zero-order chi connectivity index (χ0) is 18.3. The first-order valence-electron chi connectivity index (χ1n) is 9.59. The van der Waals surface area contributed by atoms with Gasteiger partial charge in [-0.1, -0.05) is 44.5 Å². The minimum Gasteiger partial charge on any atom is -0.497 e. The molecule has 0 aromatic heterocycles. The van der Waals surface area contributed by atoms with E-state index >= 15 is 0 Å². The van der Waals surface area contributed by atoms with E-state index in [1.807, 2.05) is 0 Å². The number of hydrogen-bond donors (Lipinski definition) is 0. The lowest BCUT2D eigenvalue weighted by Crippen LogP contribution is -2.26. The molecule has 0 saturated heterocycles. The minimum absolute atomic E-state index is 0.0684. The first-order chi connectivity index (χ1) is 12.6. The van der Waals surface area contributed by atoms with Crippen molar-refractivity contribution in [2.45, 2.75) is 33.1 Å². The molecule has 2 heteroatoms. The Kier molecular flexibility index (Phi) is 4.46. The van der Waals surface area contributed by atoms with Gasteiger partial charge in [0.15, 0.2) is 0 Å². The standard InChI is InChI=1S/C24H28O2/c1-24(2)22(16-8-12-18(25-3)13-9-16)20-6-5-7-21(20)23(24)17-10-14-19(26-4)15-11-17/h8-15,20-21H,5-7H2,1-4H3. The van der Waals surface area contributed by atoms with Crippen molar-refractivity contribution >= 4 is 0 Å². The molecule has 2 saturated carbocycles. The van der Waals surface area contributed by atoms with E-state index in [0.29, 0.717) is 11.8 Å². The van der Waals surface area contributed by atoms with Crippen molar-refractivity contribution in [1.29, 1.82) is 0 Å². The predicted octanol–water partition coefficient (Wildman–Crippen LogP) is 5.71. The van der Waals surface area contributed by atoms with Crippen LogP contribution in [0.4, 0.5) is 0 Å². The van der Waals surface area contributed by atoms with Crippen LogP contribution in [0.5, 0.6) is 11.5 Å². The smallest absolute Gasteiger partial charge is 0.118 e. The lowest BCUT2D eigenvalue weighted by molar-refractivity contribution is 0.412. The van der Waals surface area contributed by atoms with Crippen LogP contribution in [0.15, 0.2) is 48.5 Å². The highest BCUT2D eigenvalue weighted by atomic mass is 16.5. The molecule has 0 aliphatic heterocycles. The van der Waals surface area contributed by atoms with Gasteiger partial charge in [-0.15, -0.1) is 0 Å². The first-order valence-corrected chi connectivity index (χ1v) is 9.59. The van der Waals surface area contributed by atoms with Gasteiger partial charge >= 0.3 is 0 Å². The fraction of sp³-hybridized carbons (Fsp3) is 0.417. The van der Waals surface area contributed by atoms with Crippen molar-refractivity contribution in [1.82, 2.24) is 0 Å². The van der Waals surface area contributed by atoms with Crippen LogP contribution in [-0.2, 0) is 0 Å². The Hall–Kier alpha value is -1.96. The van der Waals surface area contributed by atoms with E-state index < -0.39 is 0 Å². The zero-order valence-electron chi connectivity index (χ0n) is 16.2. The maximum absolute atomic E-state index is 5.36. The van der Waals surface area contributed by atoms with Crippen LogP contribution >= 0.6 is 0 Å². The molecular formula is C24H28O2. The van der Waals surface area contributed by atoms with Gasteiger partial charge in [-0.3, -0.25) is 0 Å². The third kappa shape index (κ3) is 2.71. The predicted molar refractivity (Wildman–Crippen MR) is 105 cm³/mol. The van der Waals surface area contributed by atoms with Gasteiger partial charge in [0.25, 0.3) is 0 Å². The second kappa shape index (κ2) is 6.64. The van der Waals surface area contributed by atoms with Crippen LogP contribution < -0.4 is 9.47 Å². The quantitative estimate of drug-likeness (QED) is 0.705. The normalized spacial score (nSPS) is 25.2. The van der Waals surface area contributed by atoms with Crippen molar-refractivity contribution in [3.05, 3.63) is 71.5 Å². The van der Waals surface area contributed by atoms with Crippen molar-refractivity contribution in [3.63, 3.8) is 0 Å². The summed E-state index contributed by atoms with van der Waals surface area (Å²) in [5, 5.41) is 0. The van der Waals surface area contributed by atoms with Gasteiger partial charge in [0.05, 0.1) is 14.2 Å². The SMILES string of the molecule is COc1ccc([C]2C3CCCC3[C](c3ccc(OC)cc3)C2(C)C)cc1. The van der Waals surface area contributed by atoms with E-state index in [9.17, 15) is 0 Å². The average molecular weight is 348 g/mol. The van der Waals surface area contributed by atoms with Gasteiger partial charge in [-0.05, 0) is 65.5 Å². The second-order valence-corrected chi connectivity index (χ2v) is 8.05.